The van der Waals surface area contributed by atoms with Crippen molar-refractivity contribution in [2.75, 3.05) is 13.2 Å². The number of ketones is 1. The predicted octanol–water partition coefficient (Wildman–Crippen LogP) is -0.444. The van der Waals surface area contributed by atoms with E-state index >= 15 is 0 Å². The Kier molecular flexibility index (Phi) is 10.4. The summed E-state index contributed by atoms with van der Waals surface area (Å²) in [6.07, 6.45) is -6.73. The van der Waals surface area contributed by atoms with Gasteiger partial charge in [-0.3, -0.25) is 4.79 Å². The van der Waals surface area contributed by atoms with E-state index in [4.69, 9.17) is 18.9 Å². The fourth-order valence-corrected chi connectivity index (χ4v) is 3.57. The number of carbonyl (C=O) groups is 1. The van der Waals surface area contributed by atoms with E-state index in [0.29, 0.717) is 6.42 Å². The molecule has 2 rings (SSSR count). The predicted molar refractivity (Wildman–Crippen MR) is 112 cm³/mol. The zero-order valence-electron chi connectivity index (χ0n) is 19.0. The van der Waals surface area contributed by atoms with Gasteiger partial charge in [-0.1, -0.05) is 11.1 Å². The maximum atomic E-state index is 11.8. The van der Waals surface area contributed by atoms with Crippen LogP contribution in [0.1, 0.15) is 40.5 Å². The molecule has 10 heteroatoms. The molecule has 184 valence electrons. The van der Waals surface area contributed by atoms with Crippen molar-refractivity contribution < 1.29 is 49.3 Å². The largest absolute Gasteiger partial charge is 0.394 e. The summed E-state index contributed by atoms with van der Waals surface area (Å²) in [5.41, 5.74) is 1.70. The minimum atomic E-state index is -1.52. The Morgan fingerprint density at radius 2 is 1.66 bits per heavy atom. The minimum Gasteiger partial charge on any atom is -0.394 e. The van der Waals surface area contributed by atoms with E-state index in [2.05, 4.69) is 0 Å². The topological polar surface area (TPSA) is 155 Å². The molecule has 5 N–H and O–H groups in total. The molecule has 32 heavy (non-hydrogen) atoms. The van der Waals surface area contributed by atoms with E-state index in [1.165, 1.54) is 19.1 Å². The summed E-state index contributed by atoms with van der Waals surface area (Å²) in [5, 5.41) is 50.2. The van der Waals surface area contributed by atoms with Crippen molar-refractivity contribution in [2.45, 2.75) is 95.8 Å². The first-order chi connectivity index (χ1) is 15.0. The Balaban J connectivity index is 1.96. The van der Waals surface area contributed by atoms with Crippen LogP contribution in [0.5, 0.6) is 0 Å². The lowest BCUT2D eigenvalue weighted by atomic mass is 9.99. The van der Waals surface area contributed by atoms with Crippen molar-refractivity contribution in [2.24, 2.45) is 0 Å². The van der Waals surface area contributed by atoms with Gasteiger partial charge < -0.3 is 44.5 Å². The van der Waals surface area contributed by atoms with E-state index in [0.717, 1.165) is 11.1 Å². The van der Waals surface area contributed by atoms with E-state index in [-0.39, 0.29) is 25.4 Å². The van der Waals surface area contributed by atoms with Gasteiger partial charge in [-0.05, 0) is 46.3 Å². The van der Waals surface area contributed by atoms with Crippen molar-refractivity contribution in [1.29, 1.82) is 0 Å². The van der Waals surface area contributed by atoms with Crippen molar-refractivity contribution in [3.05, 3.63) is 23.3 Å². The number of aliphatic hydroxyl groups is 5. The highest BCUT2D eigenvalue weighted by molar-refractivity contribution is 5.99. The standard InChI is InChI=1S/C22H36O10/c1-11(2)7-14(24)8-12(3)5-6-29-21-18(26)16(9-15(10-23)31-21)32-22-20(28)19(27)17(25)13(4)30-22/h7-8,13,15-23,25-28H,5-6,9-10H2,1-4H3/b12-8+/t13-,15+,16+,17-,18+,19+,20+,21+,22-/m0/s1. The summed E-state index contributed by atoms with van der Waals surface area (Å²) in [4.78, 5) is 11.8. The van der Waals surface area contributed by atoms with Crippen LogP contribution >= 0.6 is 0 Å². The summed E-state index contributed by atoms with van der Waals surface area (Å²) in [6, 6.07) is 0. The molecule has 0 aromatic heterocycles. The Morgan fingerprint density at radius 3 is 2.28 bits per heavy atom. The fraction of sp³-hybridized carbons (Fsp3) is 0.773. The first-order valence-corrected chi connectivity index (χ1v) is 10.8. The lowest BCUT2D eigenvalue weighted by Gasteiger charge is -2.43. The third-order valence-corrected chi connectivity index (χ3v) is 5.40. The number of allylic oxidation sites excluding steroid dienone is 3. The Labute approximate surface area is 188 Å². The third kappa shape index (κ3) is 7.41. The van der Waals surface area contributed by atoms with Crippen LogP contribution in [0, 0.1) is 0 Å². The van der Waals surface area contributed by atoms with Crippen LogP contribution in [0.15, 0.2) is 23.3 Å². The van der Waals surface area contributed by atoms with Gasteiger partial charge in [0.15, 0.2) is 18.4 Å². The number of hydrogen-bond acceptors (Lipinski definition) is 10. The van der Waals surface area contributed by atoms with Crippen LogP contribution in [-0.2, 0) is 23.7 Å². The van der Waals surface area contributed by atoms with Gasteiger partial charge in [0.2, 0.25) is 0 Å². The lowest BCUT2D eigenvalue weighted by Crippen LogP contribution is -2.60. The molecule has 2 aliphatic heterocycles. The zero-order chi connectivity index (χ0) is 24.0. The van der Waals surface area contributed by atoms with Crippen LogP contribution in [0.4, 0.5) is 0 Å². The quantitative estimate of drug-likeness (QED) is 0.286. The molecule has 2 heterocycles. The first kappa shape index (κ1) is 27.0. The van der Waals surface area contributed by atoms with E-state index in [1.54, 1.807) is 6.92 Å². The molecular formula is C22H36O10. The van der Waals surface area contributed by atoms with Gasteiger partial charge in [0.05, 0.1) is 31.5 Å². The van der Waals surface area contributed by atoms with Gasteiger partial charge in [-0.15, -0.1) is 0 Å². The number of carbonyl (C=O) groups excluding carboxylic acids is 1. The molecule has 0 spiro atoms. The molecule has 9 atom stereocenters. The Bertz CT molecular complexity index is 674. The molecule has 0 unspecified atom stereocenters. The summed E-state index contributed by atoms with van der Waals surface area (Å²) in [6.45, 7) is 6.81. The second kappa shape index (κ2) is 12.3. The highest BCUT2D eigenvalue weighted by atomic mass is 16.7. The molecule has 0 aliphatic carbocycles. The molecule has 0 bridgehead atoms. The molecule has 10 nitrogen and oxygen atoms in total. The number of aliphatic hydroxyl groups excluding tert-OH is 5. The summed E-state index contributed by atoms with van der Waals surface area (Å²) < 4.78 is 22.4. The number of ether oxygens (including phenoxy) is 4. The molecule has 0 radical (unpaired) electrons. The van der Waals surface area contributed by atoms with Crippen LogP contribution in [0.3, 0.4) is 0 Å². The van der Waals surface area contributed by atoms with Gasteiger partial charge in [-0.2, -0.15) is 0 Å². The molecule has 2 saturated heterocycles. The van der Waals surface area contributed by atoms with Gasteiger partial charge in [0.1, 0.15) is 24.4 Å². The smallest absolute Gasteiger partial charge is 0.186 e. The summed E-state index contributed by atoms with van der Waals surface area (Å²) >= 11 is 0. The van der Waals surface area contributed by atoms with Crippen molar-refractivity contribution >= 4 is 5.78 Å². The highest BCUT2D eigenvalue weighted by Gasteiger charge is 2.46. The van der Waals surface area contributed by atoms with Crippen LogP contribution in [0.2, 0.25) is 0 Å². The van der Waals surface area contributed by atoms with E-state index in [9.17, 15) is 30.3 Å². The Morgan fingerprint density at radius 1 is 0.969 bits per heavy atom. The van der Waals surface area contributed by atoms with E-state index < -0.39 is 55.3 Å². The fourth-order valence-electron chi connectivity index (χ4n) is 3.57. The minimum absolute atomic E-state index is 0.104. The third-order valence-electron chi connectivity index (χ3n) is 5.40. The second-order valence-electron chi connectivity index (χ2n) is 8.63. The highest BCUT2D eigenvalue weighted by Crippen LogP contribution is 2.29. The first-order valence-electron chi connectivity index (χ1n) is 10.8. The van der Waals surface area contributed by atoms with Crippen LogP contribution in [-0.4, -0.2) is 99.8 Å². The molecule has 2 aliphatic rings. The van der Waals surface area contributed by atoms with Crippen molar-refractivity contribution in [3.8, 4) is 0 Å². The lowest BCUT2D eigenvalue weighted by molar-refractivity contribution is -0.339. The van der Waals surface area contributed by atoms with Crippen LogP contribution < -0.4 is 0 Å². The normalized spacial score (nSPS) is 38.4. The molecular weight excluding hydrogens is 424 g/mol. The summed E-state index contributed by atoms with van der Waals surface area (Å²) in [5.74, 6) is -0.113. The average Bonchev–Trinajstić information content (AvgIpc) is 2.72. The molecule has 0 saturated carbocycles. The second-order valence-corrected chi connectivity index (χ2v) is 8.63. The van der Waals surface area contributed by atoms with Gasteiger partial charge in [-0.25, -0.2) is 0 Å². The van der Waals surface area contributed by atoms with E-state index in [1.807, 2.05) is 13.8 Å². The molecule has 0 aromatic rings. The monoisotopic (exact) mass is 460 g/mol. The van der Waals surface area contributed by atoms with Crippen molar-refractivity contribution in [1.82, 2.24) is 0 Å². The summed E-state index contributed by atoms with van der Waals surface area (Å²) in [7, 11) is 0. The number of rotatable bonds is 9. The molecule has 2 fully saturated rings. The Hall–Kier alpha value is -1.21. The maximum Gasteiger partial charge on any atom is 0.186 e. The van der Waals surface area contributed by atoms with Gasteiger partial charge >= 0.3 is 0 Å². The molecule has 0 aromatic carbocycles. The van der Waals surface area contributed by atoms with Crippen LogP contribution in [0.25, 0.3) is 0 Å². The van der Waals surface area contributed by atoms with Gasteiger partial charge in [0.25, 0.3) is 0 Å². The average molecular weight is 461 g/mol. The SMILES string of the molecule is CC(C)=CC(=O)/C=C(\C)CCO[C@@H]1O[C@@H](CO)C[C@@H](O[C@@H]2O[C@@H](C)[C@H](O)[C@@H](O)[C@H]2O)[C@H]1O. The molecule has 0 amide bonds. The van der Waals surface area contributed by atoms with Crippen molar-refractivity contribution in [3.63, 3.8) is 0 Å². The maximum absolute atomic E-state index is 11.8. The number of hydrogen-bond donors (Lipinski definition) is 5. The zero-order valence-corrected chi connectivity index (χ0v) is 19.0. The van der Waals surface area contributed by atoms with Gasteiger partial charge in [0, 0.05) is 6.42 Å².